The van der Waals surface area contributed by atoms with Crippen LogP contribution in [0.4, 0.5) is 4.39 Å². The fourth-order valence-corrected chi connectivity index (χ4v) is 4.77. The average molecular weight is 479 g/mol. The van der Waals surface area contributed by atoms with Crippen LogP contribution in [0.3, 0.4) is 0 Å². The van der Waals surface area contributed by atoms with Crippen LogP contribution in [0.15, 0.2) is 46.1 Å². The molecular formula is C23H31FN2O6Si. The van der Waals surface area contributed by atoms with E-state index in [0.29, 0.717) is 6.61 Å². The Bertz CT molecular complexity index is 1050. The molecular weight excluding hydrogens is 447 g/mol. The Kier molecular flexibility index (Phi) is 7.30. The van der Waals surface area contributed by atoms with E-state index in [1.807, 2.05) is 30.3 Å². The highest BCUT2D eigenvalue weighted by Gasteiger charge is 2.47. The molecule has 2 fully saturated rings. The third-order valence-corrected chi connectivity index (χ3v) is 7.73. The summed E-state index contributed by atoms with van der Waals surface area (Å²) >= 11 is 0. The van der Waals surface area contributed by atoms with E-state index in [9.17, 15) is 9.59 Å². The molecule has 0 saturated carbocycles. The molecule has 33 heavy (non-hydrogen) atoms. The molecule has 2 aliphatic rings. The SMILES string of the molecule is C[Si](C)(C)CCOCn1c(=O)[nH]cc([C@@H]2CO[C@@H]3COC(c4ccccc4)O[C@H]3[C@H]2F)c1=O. The van der Waals surface area contributed by atoms with Crippen molar-refractivity contribution in [2.45, 2.75) is 63.0 Å². The normalized spacial score (nSPS) is 27.8. The molecule has 2 aromatic rings. The highest BCUT2D eigenvalue weighted by atomic mass is 28.3. The van der Waals surface area contributed by atoms with E-state index >= 15 is 4.39 Å². The highest BCUT2D eigenvalue weighted by molar-refractivity contribution is 6.76. The molecule has 180 valence electrons. The van der Waals surface area contributed by atoms with Crippen LogP contribution >= 0.6 is 0 Å². The van der Waals surface area contributed by atoms with Crippen LogP contribution in [-0.4, -0.2) is 55.8 Å². The van der Waals surface area contributed by atoms with Gasteiger partial charge in [-0.3, -0.25) is 4.79 Å². The van der Waals surface area contributed by atoms with Crippen molar-refractivity contribution in [3.8, 4) is 0 Å². The summed E-state index contributed by atoms with van der Waals surface area (Å²) < 4.78 is 39.7. The van der Waals surface area contributed by atoms with Crippen LogP contribution in [0.1, 0.15) is 23.3 Å². The van der Waals surface area contributed by atoms with Crippen molar-refractivity contribution in [2.24, 2.45) is 0 Å². The Morgan fingerprint density at radius 3 is 2.64 bits per heavy atom. The van der Waals surface area contributed by atoms with Gasteiger partial charge in [-0.1, -0.05) is 50.0 Å². The first-order valence-electron chi connectivity index (χ1n) is 11.2. The molecule has 1 aromatic carbocycles. The lowest BCUT2D eigenvalue weighted by atomic mass is 9.88. The van der Waals surface area contributed by atoms with Gasteiger partial charge in [-0.25, -0.2) is 13.8 Å². The van der Waals surface area contributed by atoms with Crippen LogP contribution in [0, 0.1) is 0 Å². The first-order chi connectivity index (χ1) is 15.7. The number of rotatable bonds is 7. The van der Waals surface area contributed by atoms with E-state index in [-0.39, 0.29) is 25.5 Å². The van der Waals surface area contributed by atoms with Crippen LogP contribution < -0.4 is 11.2 Å². The smallest absolute Gasteiger partial charge is 0.330 e. The Morgan fingerprint density at radius 1 is 1.15 bits per heavy atom. The van der Waals surface area contributed by atoms with E-state index < -0.39 is 49.9 Å². The maximum atomic E-state index is 15.7. The molecule has 4 rings (SSSR count). The fourth-order valence-electron chi connectivity index (χ4n) is 4.01. The summed E-state index contributed by atoms with van der Waals surface area (Å²) in [7, 11) is -1.30. The van der Waals surface area contributed by atoms with Crippen molar-refractivity contribution in [1.82, 2.24) is 9.55 Å². The summed E-state index contributed by atoms with van der Waals surface area (Å²) in [5, 5.41) is 0. The number of alkyl halides is 1. The number of nitrogens with one attached hydrogen (secondary N) is 1. The van der Waals surface area contributed by atoms with Crippen molar-refractivity contribution in [2.75, 3.05) is 19.8 Å². The average Bonchev–Trinajstić information content (AvgIpc) is 2.79. The minimum absolute atomic E-state index is 0.0111. The maximum absolute atomic E-state index is 15.7. The third-order valence-electron chi connectivity index (χ3n) is 6.02. The lowest BCUT2D eigenvalue weighted by Crippen LogP contribution is -2.55. The molecule has 0 aliphatic carbocycles. The van der Waals surface area contributed by atoms with Crippen molar-refractivity contribution in [1.29, 1.82) is 0 Å². The maximum Gasteiger partial charge on any atom is 0.330 e. The second kappa shape index (κ2) is 10.0. The summed E-state index contributed by atoms with van der Waals surface area (Å²) in [5.41, 5.74) is -0.241. The van der Waals surface area contributed by atoms with Gasteiger partial charge in [0.1, 0.15) is 25.1 Å². The van der Waals surface area contributed by atoms with Crippen molar-refractivity contribution >= 4 is 8.07 Å². The predicted octanol–water partition coefficient (Wildman–Crippen LogP) is 2.78. The third kappa shape index (κ3) is 5.52. The number of aromatic amines is 1. The molecule has 2 aliphatic heterocycles. The van der Waals surface area contributed by atoms with Gasteiger partial charge < -0.3 is 23.9 Å². The number of ether oxygens (including phenoxy) is 4. The number of benzene rings is 1. The second-order valence-corrected chi connectivity index (χ2v) is 15.4. The molecule has 0 spiro atoms. The number of aromatic nitrogens is 2. The lowest BCUT2D eigenvalue weighted by molar-refractivity contribution is -0.295. The predicted molar refractivity (Wildman–Crippen MR) is 123 cm³/mol. The van der Waals surface area contributed by atoms with Gasteiger partial charge in [-0.2, -0.15) is 0 Å². The lowest BCUT2D eigenvalue weighted by Gasteiger charge is -2.43. The van der Waals surface area contributed by atoms with Crippen LogP contribution in [-0.2, 0) is 25.7 Å². The van der Waals surface area contributed by atoms with Crippen LogP contribution in [0.5, 0.6) is 0 Å². The fraction of sp³-hybridized carbons (Fsp3) is 0.565. The monoisotopic (exact) mass is 478 g/mol. The molecule has 1 unspecified atom stereocenters. The summed E-state index contributed by atoms with van der Waals surface area (Å²) in [6.45, 7) is 7.12. The van der Waals surface area contributed by atoms with Gasteiger partial charge in [0.2, 0.25) is 0 Å². The minimum Gasteiger partial charge on any atom is -0.372 e. The summed E-state index contributed by atoms with van der Waals surface area (Å²) in [5.74, 6) is -0.877. The molecule has 5 atom stereocenters. The second-order valence-electron chi connectivity index (χ2n) is 9.73. The summed E-state index contributed by atoms with van der Waals surface area (Å²) in [6, 6.07) is 10.2. The molecule has 2 saturated heterocycles. The van der Waals surface area contributed by atoms with Gasteiger partial charge in [-0.05, 0) is 6.04 Å². The van der Waals surface area contributed by atoms with Crippen LogP contribution in [0.2, 0.25) is 25.7 Å². The molecule has 0 radical (unpaired) electrons. The summed E-state index contributed by atoms with van der Waals surface area (Å²) in [6.07, 6.45) is -2.39. The number of H-pyrrole nitrogens is 1. The first-order valence-corrected chi connectivity index (χ1v) is 14.9. The molecule has 1 N–H and O–H groups in total. The zero-order valence-corrected chi connectivity index (χ0v) is 20.2. The Balaban J connectivity index is 1.50. The zero-order valence-electron chi connectivity index (χ0n) is 19.2. The van der Waals surface area contributed by atoms with Gasteiger partial charge in [0.05, 0.1) is 13.2 Å². The number of hydrogen-bond acceptors (Lipinski definition) is 6. The van der Waals surface area contributed by atoms with Gasteiger partial charge in [0.25, 0.3) is 5.56 Å². The molecule has 0 amide bonds. The quantitative estimate of drug-likeness (QED) is 0.486. The van der Waals surface area contributed by atoms with E-state index in [1.54, 1.807) is 0 Å². The molecule has 10 heteroatoms. The van der Waals surface area contributed by atoms with Gasteiger partial charge in [0.15, 0.2) is 6.29 Å². The zero-order chi connectivity index (χ0) is 23.6. The largest absolute Gasteiger partial charge is 0.372 e. The molecule has 0 bridgehead atoms. The van der Waals surface area contributed by atoms with Crippen molar-refractivity contribution in [3.63, 3.8) is 0 Å². The number of nitrogens with zero attached hydrogens (tertiary/aromatic N) is 1. The van der Waals surface area contributed by atoms with Crippen molar-refractivity contribution in [3.05, 3.63) is 68.5 Å². The standard InChI is InChI=1S/C23H31FN2O6Si/c1-33(2,3)10-9-29-14-26-21(27)16(11-25-23(26)28)17-12-30-18-13-31-22(32-20(18)19(17)24)15-7-5-4-6-8-15/h4-8,11,17-20,22H,9-10,12-14H2,1-3H3,(H,25,28)/t17-,18+,19-,20+,22?/m0/s1. The van der Waals surface area contributed by atoms with Gasteiger partial charge in [-0.15, -0.1) is 0 Å². The summed E-state index contributed by atoms with van der Waals surface area (Å²) in [4.78, 5) is 27.8. The highest BCUT2D eigenvalue weighted by Crippen LogP contribution is 2.37. The first kappa shape index (κ1) is 24.0. The van der Waals surface area contributed by atoms with Crippen molar-refractivity contribution < 1.29 is 23.3 Å². The number of fused-ring (bicyclic) bond motifs is 1. The van der Waals surface area contributed by atoms with E-state index in [4.69, 9.17) is 18.9 Å². The molecule has 3 heterocycles. The van der Waals surface area contributed by atoms with Gasteiger partial charge >= 0.3 is 5.69 Å². The number of halogens is 1. The van der Waals surface area contributed by atoms with E-state index in [1.165, 1.54) is 6.20 Å². The van der Waals surface area contributed by atoms with E-state index in [0.717, 1.165) is 16.2 Å². The Labute approximate surface area is 192 Å². The van der Waals surface area contributed by atoms with Crippen LogP contribution in [0.25, 0.3) is 0 Å². The van der Waals surface area contributed by atoms with E-state index in [2.05, 4.69) is 24.6 Å². The topological polar surface area (TPSA) is 91.8 Å². The Hall–Kier alpha value is -2.11. The molecule has 1 aromatic heterocycles. The molecule has 8 nitrogen and oxygen atoms in total. The minimum atomic E-state index is -1.50. The Morgan fingerprint density at radius 2 is 1.91 bits per heavy atom. The van der Waals surface area contributed by atoms with Gasteiger partial charge in [0, 0.05) is 37.9 Å². The number of hydrogen-bond donors (Lipinski definition) is 1.